The molecule has 0 spiro atoms. The highest BCUT2D eigenvalue weighted by Gasteiger charge is 2.13. The highest BCUT2D eigenvalue weighted by Crippen LogP contribution is 2.21. The fraction of sp³-hybridized carbons (Fsp3) is 0.400. The van der Waals surface area contributed by atoms with Crippen molar-refractivity contribution in [2.75, 3.05) is 5.84 Å². The van der Waals surface area contributed by atoms with Crippen LogP contribution >= 0.6 is 11.8 Å². The van der Waals surface area contributed by atoms with E-state index in [1.54, 1.807) is 6.92 Å². The van der Waals surface area contributed by atoms with E-state index in [-0.39, 0.29) is 11.9 Å². The van der Waals surface area contributed by atoms with Crippen molar-refractivity contribution < 1.29 is 4.74 Å². The topological polar surface area (TPSA) is 89.8 Å². The van der Waals surface area contributed by atoms with Gasteiger partial charge in [0.1, 0.15) is 12.4 Å². The third-order valence-corrected chi connectivity index (χ3v) is 4.06. The number of nitrogen functional groups attached to an aromatic ring is 1. The first kappa shape index (κ1) is 16.2. The van der Waals surface area contributed by atoms with Crippen molar-refractivity contribution in [3.05, 3.63) is 35.7 Å². The van der Waals surface area contributed by atoms with Gasteiger partial charge in [0, 0.05) is 0 Å². The van der Waals surface area contributed by atoms with Crippen molar-refractivity contribution in [2.45, 2.75) is 43.7 Å². The van der Waals surface area contributed by atoms with Crippen LogP contribution in [0.1, 0.15) is 38.1 Å². The monoisotopic (exact) mass is 317 g/mol. The predicted octanol–water partition coefficient (Wildman–Crippen LogP) is 2.70. The molecule has 1 aromatic heterocycles. The lowest BCUT2D eigenvalue weighted by atomic mass is 10.0. The summed E-state index contributed by atoms with van der Waals surface area (Å²) in [6.45, 7) is 6.31. The molecule has 0 aliphatic rings. The second kappa shape index (κ2) is 7.18. The van der Waals surface area contributed by atoms with Gasteiger partial charge in [-0.2, -0.15) is 5.26 Å². The first-order valence-corrected chi connectivity index (χ1v) is 7.87. The molecule has 1 atom stereocenters. The maximum atomic E-state index is 8.81. The Morgan fingerprint density at radius 2 is 1.95 bits per heavy atom. The molecule has 0 unspecified atom stereocenters. The number of hydrogen-bond donors (Lipinski definition) is 1. The number of benzene rings is 1. The van der Waals surface area contributed by atoms with Gasteiger partial charge in [-0.15, -0.1) is 10.2 Å². The summed E-state index contributed by atoms with van der Waals surface area (Å²) in [6.07, 6.45) is 0. The van der Waals surface area contributed by atoms with Crippen molar-refractivity contribution in [1.82, 2.24) is 14.9 Å². The van der Waals surface area contributed by atoms with E-state index in [1.165, 1.54) is 22.0 Å². The van der Waals surface area contributed by atoms with Crippen molar-refractivity contribution in [3.63, 3.8) is 0 Å². The molecule has 2 aromatic rings. The molecule has 2 N–H and O–H groups in total. The molecule has 2 rings (SSSR count). The van der Waals surface area contributed by atoms with Crippen LogP contribution in [0.3, 0.4) is 0 Å². The third-order valence-electron chi connectivity index (χ3n) is 3.11. The number of thioether (sulfide) groups is 1. The van der Waals surface area contributed by atoms with Gasteiger partial charge in [0.2, 0.25) is 5.16 Å². The molecule has 0 saturated heterocycles. The van der Waals surface area contributed by atoms with E-state index in [0.29, 0.717) is 16.9 Å². The molecule has 22 heavy (non-hydrogen) atoms. The molecule has 0 radical (unpaired) electrons. The largest absolute Gasteiger partial charge is 0.486 e. The number of hydrogen-bond acceptors (Lipinski definition) is 6. The number of nitrogens with zero attached hydrogens (tertiary/aromatic N) is 4. The van der Waals surface area contributed by atoms with Crippen molar-refractivity contribution in [3.8, 4) is 11.8 Å². The standard InChI is InChI=1S/C15H19N5OS/c1-10(2)12-4-6-13(7-5-12)21-9-14-18-19-15(20(14)17)22-11(3)8-16/h4-7,10-11H,9,17H2,1-3H3/t11-/m1/s1. The number of ether oxygens (including phenoxy) is 1. The Labute approximate surface area is 134 Å². The normalized spacial score (nSPS) is 12.1. The Hall–Kier alpha value is -2.20. The summed E-state index contributed by atoms with van der Waals surface area (Å²) in [5.74, 6) is 7.68. The van der Waals surface area contributed by atoms with Crippen LogP contribution < -0.4 is 10.6 Å². The minimum absolute atomic E-state index is 0.228. The minimum atomic E-state index is -0.233. The Morgan fingerprint density at radius 3 is 2.55 bits per heavy atom. The second-order valence-electron chi connectivity index (χ2n) is 5.17. The maximum Gasteiger partial charge on any atom is 0.211 e. The quantitative estimate of drug-likeness (QED) is 0.651. The Balaban J connectivity index is 1.98. The SMILES string of the molecule is CC(C)c1ccc(OCc2nnc(S[C@H](C)C#N)n2N)cc1. The summed E-state index contributed by atoms with van der Waals surface area (Å²) < 4.78 is 7.04. The van der Waals surface area contributed by atoms with E-state index in [9.17, 15) is 0 Å². The predicted molar refractivity (Wildman–Crippen MR) is 86.0 cm³/mol. The molecule has 0 aliphatic heterocycles. The Bertz CT molecular complexity index is 660. The molecular formula is C15H19N5OS. The number of aromatic nitrogens is 3. The second-order valence-corrected chi connectivity index (χ2v) is 6.48. The van der Waals surface area contributed by atoms with Crippen LogP contribution in [0.15, 0.2) is 29.4 Å². The lowest BCUT2D eigenvalue weighted by Crippen LogP contribution is -2.16. The highest BCUT2D eigenvalue weighted by atomic mass is 32.2. The lowest BCUT2D eigenvalue weighted by Gasteiger charge is -2.09. The zero-order valence-corrected chi connectivity index (χ0v) is 13.7. The van der Waals surface area contributed by atoms with Crippen LogP contribution in [0.2, 0.25) is 0 Å². The van der Waals surface area contributed by atoms with Gasteiger partial charge >= 0.3 is 0 Å². The van der Waals surface area contributed by atoms with Gasteiger partial charge in [-0.25, -0.2) is 4.68 Å². The van der Waals surface area contributed by atoms with E-state index in [2.05, 4.69) is 30.1 Å². The van der Waals surface area contributed by atoms with Gasteiger partial charge in [0.15, 0.2) is 5.82 Å². The summed E-state index contributed by atoms with van der Waals surface area (Å²) >= 11 is 1.27. The Morgan fingerprint density at radius 1 is 1.27 bits per heavy atom. The van der Waals surface area contributed by atoms with Crippen LogP contribution in [0, 0.1) is 11.3 Å². The number of nitriles is 1. The third kappa shape index (κ3) is 3.92. The molecule has 0 saturated carbocycles. The fourth-order valence-electron chi connectivity index (χ4n) is 1.77. The molecule has 116 valence electrons. The smallest absolute Gasteiger partial charge is 0.211 e. The highest BCUT2D eigenvalue weighted by molar-refractivity contribution is 8.00. The van der Waals surface area contributed by atoms with Gasteiger partial charge in [-0.1, -0.05) is 37.7 Å². The summed E-state index contributed by atoms with van der Waals surface area (Å²) in [7, 11) is 0. The molecule has 0 aliphatic carbocycles. The summed E-state index contributed by atoms with van der Waals surface area (Å²) in [4.78, 5) is 0. The average molecular weight is 317 g/mol. The van der Waals surface area contributed by atoms with Crippen LogP contribution in [-0.4, -0.2) is 20.1 Å². The van der Waals surface area contributed by atoms with Crippen molar-refractivity contribution in [2.24, 2.45) is 0 Å². The van der Waals surface area contributed by atoms with Gasteiger partial charge in [-0.3, -0.25) is 0 Å². The van der Waals surface area contributed by atoms with Gasteiger partial charge < -0.3 is 10.6 Å². The summed E-state index contributed by atoms with van der Waals surface area (Å²) in [5.41, 5.74) is 1.26. The van der Waals surface area contributed by atoms with Crippen LogP contribution in [0.4, 0.5) is 0 Å². The molecule has 6 nitrogen and oxygen atoms in total. The molecule has 0 amide bonds. The van der Waals surface area contributed by atoms with E-state index in [0.717, 1.165) is 5.75 Å². The molecule has 1 heterocycles. The minimum Gasteiger partial charge on any atom is -0.486 e. The summed E-state index contributed by atoms with van der Waals surface area (Å²) in [5, 5.41) is 17.1. The average Bonchev–Trinajstić information content (AvgIpc) is 2.86. The zero-order chi connectivity index (χ0) is 16.1. The van der Waals surface area contributed by atoms with Gasteiger partial charge in [0.25, 0.3) is 0 Å². The first-order valence-electron chi connectivity index (χ1n) is 6.99. The molecule has 0 bridgehead atoms. The Kier molecular flexibility index (Phi) is 5.28. The molecule has 1 aromatic carbocycles. The van der Waals surface area contributed by atoms with E-state index >= 15 is 0 Å². The van der Waals surface area contributed by atoms with Crippen molar-refractivity contribution in [1.29, 1.82) is 5.26 Å². The number of rotatable bonds is 6. The van der Waals surface area contributed by atoms with Gasteiger partial charge in [0.05, 0.1) is 11.3 Å². The maximum absolute atomic E-state index is 8.81. The fourth-order valence-corrected chi connectivity index (χ4v) is 2.44. The van der Waals surface area contributed by atoms with Crippen LogP contribution in [0.5, 0.6) is 5.75 Å². The molecule has 7 heteroatoms. The molecular weight excluding hydrogens is 298 g/mol. The van der Waals surface area contributed by atoms with E-state index in [1.807, 2.05) is 24.3 Å². The van der Waals surface area contributed by atoms with E-state index in [4.69, 9.17) is 15.8 Å². The zero-order valence-electron chi connectivity index (χ0n) is 12.9. The number of nitrogens with two attached hydrogens (primary N) is 1. The lowest BCUT2D eigenvalue weighted by molar-refractivity contribution is 0.291. The summed E-state index contributed by atoms with van der Waals surface area (Å²) in [6, 6.07) is 10.1. The van der Waals surface area contributed by atoms with Crippen LogP contribution in [-0.2, 0) is 6.61 Å². The van der Waals surface area contributed by atoms with Crippen LogP contribution in [0.25, 0.3) is 0 Å². The van der Waals surface area contributed by atoms with Crippen molar-refractivity contribution >= 4 is 11.8 Å². The van der Waals surface area contributed by atoms with E-state index < -0.39 is 0 Å². The molecule has 0 fully saturated rings. The van der Waals surface area contributed by atoms with Gasteiger partial charge in [-0.05, 0) is 30.5 Å². The first-order chi connectivity index (χ1) is 10.5.